The molecule has 1 heterocycles. The summed E-state index contributed by atoms with van der Waals surface area (Å²) in [5, 5.41) is 20.0. The summed E-state index contributed by atoms with van der Waals surface area (Å²) in [5.41, 5.74) is 2.31. The van der Waals surface area contributed by atoms with E-state index >= 15 is 0 Å². The number of hydrogen-bond donors (Lipinski definition) is 2. The van der Waals surface area contributed by atoms with E-state index in [4.69, 9.17) is 16.7 Å². The van der Waals surface area contributed by atoms with E-state index in [1.807, 2.05) is 4.57 Å². The van der Waals surface area contributed by atoms with Crippen LogP contribution in [0.2, 0.25) is 5.02 Å². The van der Waals surface area contributed by atoms with Crippen molar-refractivity contribution in [1.29, 1.82) is 0 Å². The molecule has 2 N–H and O–H groups in total. The Bertz CT molecular complexity index is 1140. The molecule has 0 bridgehead atoms. The van der Waals surface area contributed by atoms with Gasteiger partial charge in [0.2, 0.25) is 0 Å². The van der Waals surface area contributed by atoms with Gasteiger partial charge in [-0.15, -0.1) is 0 Å². The number of aliphatic carboxylic acids is 1. The normalized spacial score (nSPS) is 11.4. The van der Waals surface area contributed by atoms with Crippen LogP contribution in [-0.4, -0.2) is 39.6 Å². The number of carbonyl (C=O) groups excluding carboxylic acids is 2. The Labute approximate surface area is 170 Å². The van der Waals surface area contributed by atoms with Crippen LogP contribution in [0.5, 0.6) is 0 Å². The van der Waals surface area contributed by atoms with Crippen molar-refractivity contribution in [3.63, 3.8) is 0 Å². The Balaban J connectivity index is 2.02. The molecule has 1 aromatic heterocycles. The number of carbonyl (C=O) groups is 3. The van der Waals surface area contributed by atoms with Gasteiger partial charge < -0.3 is 19.5 Å². The second-order valence-electron chi connectivity index (χ2n) is 6.22. The van der Waals surface area contributed by atoms with E-state index in [0.717, 1.165) is 11.1 Å². The number of carboxylic acids is 1. The molecule has 3 aromatic rings. The van der Waals surface area contributed by atoms with Crippen molar-refractivity contribution in [1.82, 2.24) is 4.57 Å². The van der Waals surface area contributed by atoms with Crippen molar-refractivity contribution < 1.29 is 29.3 Å². The number of methoxy groups -OCH3 is 1. The van der Waals surface area contributed by atoms with Crippen molar-refractivity contribution in [2.45, 2.75) is 6.54 Å². The molecule has 0 unspecified atom stereocenters. The molecule has 2 aromatic carbocycles. The van der Waals surface area contributed by atoms with E-state index < -0.39 is 23.5 Å². The van der Waals surface area contributed by atoms with E-state index in [9.17, 15) is 19.5 Å². The lowest BCUT2D eigenvalue weighted by molar-refractivity contribution is -0.146. The summed E-state index contributed by atoms with van der Waals surface area (Å²) in [6, 6.07) is 11.9. The number of rotatable bonds is 6. The minimum absolute atomic E-state index is 0.281. The van der Waals surface area contributed by atoms with Gasteiger partial charge in [0.15, 0.2) is 0 Å². The van der Waals surface area contributed by atoms with E-state index in [0.29, 0.717) is 28.6 Å². The first-order valence-corrected chi connectivity index (χ1v) is 8.82. The summed E-state index contributed by atoms with van der Waals surface area (Å²) in [6.07, 6.45) is 2.27. The molecule has 0 amide bonds. The largest absolute Gasteiger partial charge is 0.507 e. The van der Waals surface area contributed by atoms with Crippen molar-refractivity contribution >= 4 is 46.0 Å². The molecule has 0 aliphatic rings. The summed E-state index contributed by atoms with van der Waals surface area (Å²) in [7, 11) is 1.31. The second kappa shape index (κ2) is 8.20. The van der Waals surface area contributed by atoms with Crippen LogP contribution in [-0.2, 0) is 20.9 Å². The van der Waals surface area contributed by atoms with Crippen molar-refractivity contribution in [2.24, 2.45) is 0 Å². The number of benzene rings is 2. The zero-order chi connectivity index (χ0) is 21.1. The van der Waals surface area contributed by atoms with E-state index in [2.05, 4.69) is 4.74 Å². The molecule has 0 radical (unpaired) electrons. The molecule has 0 spiro atoms. The topological polar surface area (TPSA) is 106 Å². The van der Waals surface area contributed by atoms with Gasteiger partial charge in [-0.1, -0.05) is 23.7 Å². The molecule has 29 heavy (non-hydrogen) atoms. The average molecular weight is 414 g/mol. The lowest BCUT2D eigenvalue weighted by Crippen LogP contribution is -2.09. The Morgan fingerprint density at radius 3 is 2.41 bits per heavy atom. The third kappa shape index (κ3) is 4.30. The van der Waals surface area contributed by atoms with Gasteiger partial charge in [0, 0.05) is 40.3 Å². The Morgan fingerprint density at radius 2 is 1.79 bits per heavy atom. The fourth-order valence-corrected chi connectivity index (χ4v) is 3.10. The number of halogens is 1. The zero-order valence-electron chi connectivity index (χ0n) is 15.3. The van der Waals surface area contributed by atoms with Crippen LogP contribution < -0.4 is 0 Å². The first-order chi connectivity index (χ1) is 13.8. The first kappa shape index (κ1) is 20.2. The molecule has 0 saturated heterocycles. The van der Waals surface area contributed by atoms with E-state index in [1.165, 1.54) is 7.11 Å². The maximum Gasteiger partial charge on any atom is 0.376 e. The third-order valence-electron chi connectivity index (χ3n) is 4.33. The number of ether oxygens (including phenoxy) is 1. The fraction of sp³-hybridized carbons (Fsp3) is 0.0952. The smallest absolute Gasteiger partial charge is 0.376 e. The molecular formula is C21H16ClNO6. The number of fused-ring (bicyclic) bond motifs is 1. The SMILES string of the molecule is COC(=O)c1ccc(Cn2cc(/C(O)=C/C(=O)C(=O)O)c3cc(Cl)ccc32)cc1. The number of aromatic nitrogens is 1. The number of aliphatic hydroxyl groups is 1. The van der Waals surface area contributed by atoms with Gasteiger partial charge in [-0.3, -0.25) is 4.79 Å². The monoisotopic (exact) mass is 413 g/mol. The standard InChI is InChI=1S/C21H16ClNO6/c1-29-21(28)13-4-2-12(3-5-13)10-23-11-16(18(24)9-19(25)20(26)27)15-8-14(22)6-7-17(15)23/h2-9,11,24H,10H2,1H3,(H,26,27)/b18-9-. The highest BCUT2D eigenvalue weighted by molar-refractivity contribution is 6.38. The third-order valence-corrected chi connectivity index (χ3v) is 4.56. The molecule has 0 saturated carbocycles. The summed E-state index contributed by atoms with van der Waals surface area (Å²) in [5.74, 6) is -3.80. The molecule has 8 heteroatoms. The summed E-state index contributed by atoms with van der Waals surface area (Å²) in [4.78, 5) is 33.8. The summed E-state index contributed by atoms with van der Waals surface area (Å²) >= 11 is 6.07. The molecule has 0 fully saturated rings. The molecule has 0 aliphatic heterocycles. The summed E-state index contributed by atoms with van der Waals surface area (Å²) < 4.78 is 6.50. The van der Waals surface area contributed by atoms with Gasteiger partial charge in [-0.05, 0) is 35.9 Å². The number of nitrogens with zero attached hydrogens (tertiary/aromatic N) is 1. The predicted molar refractivity (Wildman–Crippen MR) is 107 cm³/mol. The van der Waals surface area contributed by atoms with Crippen LogP contribution >= 0.6 is 11.6 Å². The molecule has 7 nitrogen and oxygen atoms in total. The number of hydrogen-bond acceptors (Lipinski definition) is 5. The number of esters is 1. The van der Waals surface area contributed by atoms with Gasteiger partial charge >= 0.3 is 11.9 Å². The van der Waals surface area contributed by atoms with Crippen LogP contribution in [0.3, 0.4) is 0 Å². The second-order valence-corrected chi connectivity index (χ2v) is 6.66. The van der Waals surface area contributed by atoms with Gasteiger partial charge in [-0.25, -0.2) is 9.59 Å². The highest BCUT2D eigenvalue weighted by atomic mass is 35.5. The highest BCUT2D eigenvalue weighted by Gasteiger charge is 2.16. The van der Waals surface area contributed by atoms with Crippen LogP contribution in [0.1, 0.15) is 21.5 Å². The number of ketones is 1. The lowest BCUT2D eigenvalue weighted by Gasteiger charge is -2.07. The van der Waals surface area contributed by atoms with Crippen LogP contribution in [0, 0.1) is 0 Å². The van der Waals surface area contributed by atoms with Gasteiger partial charge in [0.05, 0.1) is 12.7 Å². The van der Waals surface area contributed by atoms with E-state index in [1.54, 1.807) is 48.7 Å². The van der Waals surface area contributed by atoms with E-state index in [-0.39, 0.29) is 5.56 Å². The van der Waals surface area contributed by atoms with Crippen molar-refractivity contribution in [2.75, 3.05) is 7.11 Å². The van der Waals surface area contributed by atoms with Crippen LogP contribution in [0.25, 0.3) is 16.7 Å². The highest BCUT2D eigenvalue weighted by Crippen LogP contribution is 2.29. The molecule has 0 atom stereocenters. The van der Waals surface area contributed by atoms with Crippen LogP contribution in [0.4, 0.5) is 0 Å². The Kier molecular flexibility index (Phi) is 5.70. The minimum Gasteiger partial charge on any atom is -0.507 e. The molecule has 148 valence electrons. The van der Waals surface area contributed by atoms with Gasteiger partial charge in [0.1, 0.15) is 5.76 Å². The summed E-state index contributed by atoms with van der Waals surface area (Å²) in [6.45, 7) is 0.403. The number of carboxylic acid groups (broad SMARTS) is 1. The predicted octanol–water partition coefficient (Wildman–Crippen LogP) is 3.68. The Hall–Kier alpha value is -3.58. The maximum absolute atomic E-state index is 11.6. The lowest BCUT2D eigenvalue weighted by atomic mass is 10.1. The molecule has 0 aliphatic carbocycles. The maximum atomic E-state index is 11.6. The van der Waals surface area contributed by atoms with Crippen LogP contribution in [0.15, 0.2) is 54.7 Å². The quantitative estimate of drug-likeness (QED) is 0.276. The molecule has 3 rings (SSSR count). The zero-order valence-corrected chi connectivity index (χ0v) is 16.0. The van der Waals surface area contributed by atoms with Crippen molar-refractivity contribution in [3.05, 3.63) is 76.5 Å². The molecular weight excluding hydrogens is 398 g/mol. The minimum atomic E-state index is -1.66. The number of aliphatic hydroxyl groups excluding tert-OH is 1. The average Bonchev–Trinajstić information content (AvgIpc) is 3.05. The van der Waals surface area contributed by atoms with Crippen molar-refractivity contribution in [3.8, 4) is 0 Å². The Morgan fingerprint density at radius 1 is 1.10 bits per heavy atom. The van der Waals surface area contributed by atoms with Gasteiger partial charge in [-0.2, -0.15) is 0 Å². The fourth-order valence-electron chi connectivity index (χ4n) is 2.93. The first-order valence-electron chi connectivity index (χ1n) is 8.44. The van der Waals surface area contributed by atoms with Gasteiger partial charge in [0.25, 0.3) is 5.78 Å².